The monoisotopic (exact) mass is 221 g/mol. The predicted molar refractivity (Wildman–Crippen MR) is 64.8 cm³/mol. The van der Waals surface area contributed by atoms with E-state index in [4.69, 9.17) is 5.84 Å². The van der Waals surface area contributed by atoms with Gasteiger partial charge in [0.05, 0.1) is 12.4 Å². The molecule has 5 heteroatoms. The molecule has 0 bridgehead atoms. The van der Waals surface area contributed by atoms with E-state index in [9.17, 15) is 0 Å². The van der Waals surface area contributed by atoms with E-state index in [1.807, 2.05) is 0 Å². The summed E-state index contributed by atoms with van der Waals surface area (Å²) in [5.41, 5.74) is 2.96. The SMILES string of the molecule is CC(C)C1(CNc2cncc(NN)n2)CC1. The van der Waals surface area contributed by atoms with Gasteiger partial charge in [0.25, 0.3) is 0 Å². The third-order valence-corrected chi connectivity index (χ3v) is 3.52. The molecule has 5 nitrogen and oxygen atoms in total. The van der Waals surface area contributed by atoms with Crippen molar-refractivity contribution >= 4 is 11.6 Å². The maximum absolute atomic E-state index is 5.28. The van der Waals surface area contributed by atoms with E-state index in [-0.39, 0.29) is 0 Å². The van der Waals surface area contributed by atoms with Crippen molar-refractivity contribution in [3.05, 3.63) is 12.4 Å². The van der Waals surface area contributed by atoms with E-state index >= 15 is 0 Å². The fraction of sp³-hybridized carbons (Fsp3) is 0.636. The number of hydrogen-bond donors (Lipinski definition) is 3. The molecule has 1 aliphatic carbocycles. The summed E-state index contributed by atoms with van der Waals surface area (Å²) >= 11 is 0. The van der Waals surface area contributed by atoms with Crippen LogP contribution in [0.3, 0.4) is 0 Å². The molecule has 1 heterocycles. The van der Waals surface area contributed by atoms with Gasteiger partial charge in [-0.05, 0) is 24.2 Å². The minimum absolute atomic E-state index is 0.466. The van der Waals surface area contributed by atoms with Crippen molar-refractivity contribution in [1.29, 1.82) is 0 Å². The van der Waals surface area contributed by atoms with Gasteiger partial charge in [-0.2, -0.15) is 0 Å². The topological polar surface area (TPSA) is 75.9 Å². The Kier molecular flexibility index (Phi) is 2.96. The van der Waals surface area contributed by atoms with Crippen LogP contribution in [0.5, 0.6) is 0 Å². The molecule has 0 aliphatic heterocycles. The number of nitrogen functional groups attached to an aromatic ring is 1. The van der Waals surface area contributed by atoms with Gasteiger partial charge in [0, 0.05) is 6.54 Å². The zero-order valence-electron chi connectivity index (χ0n) is 9.83. The normalized spacial score (nSPS) is 17.2. The molecule has 2 rings (SSSR count). The predicted octanol–water partition coefficient (Wildman–Crippen LogP) is 1.61. The number of nitrogens with one attached hydrogen (secondary N) is 2. The summed E-state index contributed by atoms with van der Waals surface area (Å²) in [7, 11) is 0. The van der Waals surface area contributed by atoms with Crippen molar-refractivity contribution in [2.75, 3.05) is 17.3 Å². The number of hydrogen-bond acceptors (Lipinski definition) is 5. The summed E-state index contributed by atoms with van der Waals surface area (Å²) < 4.78 is 0. The molecule has 0 radical (unpaired) electrons. The summed E-state index contributed by atoms with van der Waals surface area (Å²) in [5, 5.41) is 3.33. The lowest BCUT2D eigenvalue weighted by atomic mass is 9.92. The molecule has 0 spiro atoms. The summed E-state index contributed by atoms with van der Waals surface area (Å²) in [6, 6.07) is 0. The first-order valence-corrected chi connectivity index (χ1v) is 5.69. The van der Waals surface area contributed by atoms with Gasteiger partial charge in [0.2, 0.25) is 0 Å². The van der Waals surface area contributed by atoms with Crippen LogP contribution in [0.2, 0.25) is 0 Å². The summed E-state index contributed by atoms with van der Waals surface area (Å²) in [6.45, 7) is 5.52. The van der Waals surface area contributed by atoms with Crippen LogP contribution < -0.4 is 16.6 Å². The van der Waals surface area contributed by atoms with Crippen molar-refractivity contribution in [2.45, 2.75) is 26.7 Å². The number of nitrogens with two attached hydrogens (primary N) is 1. The van der Waals surface area contributed by atoms with Gasteiger partial charge in [0.1, 0.15) is 5.82 Å². The zero-order valence-corrected chi connectivity index (χ0v) is 9.83. The molecule has 4 N–H and O–H groups in total. The number of anilines is 2. The van der Waals surface area contributed by atoms with E-state index in [0.717, 1.165) is 12.4 Å². The van der Waals surface area contributed by atoms with Crippen molar-refractivity contribution < 1.29 is 0 Å². The minimum atomic E-state index is 0.466. The average Bonchev–Trinajstić information content (AvgIpc) is 3.08. The van der Waals surface area contributed by atoms with Crippen molar-refractivity contribution in [3.8, 4) is 0 Å². The maximum Gasteiger partial charge on any atom is 0.160 e. The largest absolute Gasteiger partial charge is 0.368 e. The van der Waals surface area contributed by atoms with Gasteiger partial charge < -0.3 is 10.7 Å². The molecule has 0 aromatic carbocycles. The molecular weight excluding hydrogens is 202 g/mol. The maximum atomic E-state index is 5.28. The highest BCUT2D eigenvalue weighted by Crippen LogP contribution is 2.51. The summed E-state index contributed by atoms with van der Waals surface area (Å²) in [6.07, 6.45) is 5.93. The Balaban J connectivity index is 1.94. The van der Waals surface area contributed by atoms with E-state index in [1.165, 1.54) is 12.8 Å². The molecular formula is C11H19N5. The van der Waals surface area contributed by atoms with E-state index in [1.54, 1.807) is 12.4 Å². The first-order chi connectivity index (χ1) is 7.66. The Morgan fingerprint density at radius 3 is 2.62 bits per heavy atom. The highest BCUT2D eigenvalue weighted by atomic mass is 15.3. The van der Waals surface area contributed by atoms with Crippen LogP contribution in [0.4, 0.5) is 11.6 Å². The van der Waals surface area contributed by atoms with Gasteiger partial charge in [-0.25, -0.2) is 10.8 Å². The Morgan fingerprint density at radius 2 is 2.06 bits per heavy atom. The van der Waals surface area contributed by atoms with Gasteiger partial charge in [0.15, 0.2) is 5.82 Å². The third-order valence-electron chi connectivity index (χ3n) is 3.52. The molecule has 1 fully saturated rings. The minimum Gasteiger partial charge on any atom is -0.368 e. The molecule has 0 saturated heterocycles. The Bertz CT molecular complexity index is 359. The standard InChI is InChI=1S/C11H19N5/c1-8(2)11(3-4-11)7-14-9-5-13-6-10(15-9)16-12/h5-6,8H,3-4,7,12H2,1-2H3,(H2,14,15,16). The van der Waals surface area contributed by atoms with Gasteiger partial charge in [-0.3, -0.25) is 4.98 Å². The molecule has 0 atom stereocenters. The molecule has 0 amide bonds. The Labute approximate surface area is 95.8 Å². The van der Waals surface area contributed by atoms with Crippen LogP contribution >= 0.6 is 0 Å². The second-order valence-electron chi connectivity index (χ2n) is 4.80. The molecule has 1 aliphatic rings. The van der Waals surface area contributed by atoms with Gasteiger partial charge >= 0.3 is 0 Å². The van der Waals surface area contributed by atoms with Gasteiger partial charge in [-0.1, -0.05) is 13.8 Å². The lowest BCUT2D eigenvalue weighted by Crippen LogP contribution is -2.21. The number of rotatable bonds is 5. The third kappa shape index (κ3) is 2.24. The van der Waals surface area contributed by atoms with Crippen molar-refractivity contribution in [3.63, 3.8) is 0 Å². The first kappa shape index (κ1) is 11.1. The fourth-order valence-corrected chi connectivity index (χ4v) is 1.91. The van der Waals surface area contributed by atoms with Crippen LogP contribution in [-0.2, 0) is 0 Å². The quantitative estimate of drug-likeness (QED) is 0.520. The van der Waals surface area contributed by atoms with Gasteiger partial charge in [-0.15, -0.1) is 0 Å². The van der Waals surface area contributed by atoms with E-state index < -0.39 is 0 Å². The second kappa shape index (κ2) is 4.25. The van der Waals surface area contributed by atoms with Crippen molar-refractivity contribution in [1.82, 2.24) is 9.97 Å². The molecule has 1 saturated carbocycles. The Morgan fingerprint density at radius 1 is 1.38 bits per heavy atom. The molecule has 16 heavy (non-hydrogen) atoms. The average molecular weight is 221 g/mol. The van der Waals surface area contributed by atoms with E-state index in [0.29, 0.717) is 17.2 Å². The number of hydrazine groups is 1. The van der Waals surface area contributed by atoms with Crippen LogP contribution in [0.15, 0.2) is 12.4 Å². The fourth-order valence-electron chi connectivity index (χ4n) is 1.91. The smallest absolute Gasteiger partial charge is 0.160 e. The van der Waals surface area contributed by atoms with E-state index in [2.05, 4.69) is 34.6 Å². The summed E-state index contributed by atoms with van der Waals surface area (Å²) in [4.78, 5) is 8.33. The molecule has 1 aromatic heterocycles. The first-order valence-electron chi connectivity index (χ1n) is 5.69. The molecule has 1 aromatic rings. The van der Waals surface area contributed by atoms with Crippen LogP contribution in [0, 0.1) is 11.3 Å². The number of nitrogens with zero attached hydrogens (tertiary/aromatic N) is 2. The highest BCUT2D eigenvalue weighted by molar-refractivity contribution is 5.41. The van der Waals surface area contributed by atoms with Crippen LogP contribution in [0.1, 0.15) is 26.7 Å². The Hall–Kier alpha value is -1.36. The lowest BCUT2D eigenvalue weighted by molar-refractivity contribution is 0.380. The zero-order chi connectivity index (χ0) is 11.6. The van der Waals surface area contributed by atoms with Crippen molar-refractivity contribution in [2.24, 2.45) is 17.2 Å². The van der Waals surface area contributed by atoms with Crippen LogP contribution in [-0.4, -0.2) is 16.5 Å². The second-order valence-corrected chi connectivity index (χ2v) is 4.80. The summed E-state index contributed by atoms with van der Waals surface area (Å²) in [5.74, 6) is 7.36. The molecule has 0 unspecified atom stereocenters. The highest BCUT2D eigenvalue weighted by Gasteiger charge is 2.44. The number of aromatic nitrogens is 2. The lowest BCUT2D eigenvalue weighted by Gasteiger charge is -2.20. The van der Waals surface area contributed by atoms with Crippen LogP contribution in [0.25, 0.3) is 0 Å². The molecule has 88 valence electrons.